The molecule has 32 heavy (non-hydrogen) atoms. The summed E-state index contributed by atoms with van der Waals surface area (Å²) in [5.74, 6) is 0.0317. The molecule has 0 aliphatic carbocycles. The van der Waals surface area contributed by atoms with Gasteiger partial charge in [0.1, 0.15) is 0 Å². The molecule has 1 aliphatic heterocycles. The van der Waals surface area contributed by atoms with Crippen LogP contribution < -0.4 is 5.32 Å². The number of carbonyl (C=O) groups is 2. The number of carbonyl (C=O) groups excluding carboxylic acids is 2. The number of rotatable bonds is 6. The van der Waals surface area contributed by atoms with E-state index in [0.29, 0.717) is 13.1 Å². The van der Waals surface area contributed by atoms with Gasteiger partial charge in [-0.25, -0.2) is 0 Å². The number of nitrogens with one attached hydrogen (secondary N) is 1. The van der Waals surface area contributed by atoms with Gasteiger partial charge in [-0.2, -0.15) is 0 Å². The largest absolute Gasteiger partial charge is 0.352 e. The van der Waals surface area contributed by atoms with E-state index >= 15 is 0 Å². The van der Waals surface area contributed by atoms with Gasteiger partial charge in [0.05, 0.1) is 17.2 Å². The predicted octanol–water partition coefficient (Wildman–Crippen LogP) is 4.39. The van der Waals surface area contributed by atoms with Crippen LogP contribution in [0.25, 0.3) is 0 Å². The van der Waals surface area contributed by atoms with E-state index in [4.69, 9.17) is 0 Å². The molecule has 0 radical (unpaired) electrons. The van der Waals surface area contributed by atoms with Crippen molar-refractivity contribution in [1.29, 1.82) is 0 Å². The Morgan fingerprint density at radius 1 is 1.00 bits per heavy atom. The number of benzene rings is 2. The molecular formula is C27H29N3O2. The summed E-state index contributed by atoms with van der Waals surface area (Å²) in [7, 11) is 0. The van der Waals surface area contributed by atoms with Crippen LogP contribution in [0.15, 0.2) is 79.0 Å². The van der Waals surface area contributed by atoms with Crippen LogP contribution in [0.4, 0.5) is 0 Å². The molecule has 2 amide bonds. The average Bonchev–Trinajstić information content (AvgIpc) is 3.33. The second-order valence-electron chi connectivity index (χ2n) is 8.51. The third kappa shape index (κ3) is 4.28. The highest BCUT2D eigenvalue weighted by Gasteiger charge is 2.43. The third-order valence-electron chi connectivity index (χ3n) is 6.37. The fourth-order valence-electron chi connectivity index (χ4n) is 4.53. The van der Waals surface area contributed by atoms with Gasteiger partial charge in [0.15, 0.2) is 0 Å². The molecule has 1 N–H and O–H groups in total. The normalized spacial score (nSPS) is 16.1. The maximum Gasteiger partial charge on any atom is 0.237 e. The molecular weight excluding hydrogens is 398 g/mol. The van der Waals surface area contributed by atoms with E-state index in [1.165, 1.54) is 6.92 Å². The molecule has 0 bridgehead atoms. The molecule has 2 heterocycles. The van der Waals surface area contributed by atoms with Crippen LogP contribution in [0.5, 0.6) is 0 Å². The molecule has 0 saturated carbocycles. The quantitative estimate of drug-likeness (QED) is 0.635. The highest BCUT2D eigenvalue weighted by atomic mass is 16.2. The third-order valence-corrected chi connectivity index (χ3v) is 6.37. The first-order valence-corrected chi connectivity index (χ1v) is 11.1. The van der Waals surface area contributed by atoms with E-state index in [1.54, 1.807) is 6.20 Å². The lowest BCUT2D eigenvalue weighted by atomic mass is 9.75. The van der Waals surface area contributed by atoms with E-state index < -0.39 is 5.41 Å². The Morgan fingerprint density at radius 3 is 2.16 bits per heavy atom. The second kappa shape index (κ2) is 9.35. The van der Waals surface area contributed by atoms with Crippen molar-refractivity contribution in [1.82, 2.24) is 15.2 Å². The lowest BCUT2D eigenvalue weighted by molar-refractivity contribution is -0.136. The molecule has 1 aliphatic rings. The van der Waals surface area contributed by atoms with Gasteiger partial charge in [0.25, 0.3) is 0 Å². The molecule has 5 heteroatoms. The van der Waals surface area contributed by atoms with Crippen molar-refractivity contribution < 1.29 is 9.59 Å². The smallest absolute Gasteiger partial charge is 0.237 e. The number of likely N-dealkylation sites (tertiary alicyclic amines) is 1. The van der Waals surface area contributed by atoms with Gasteiger partial charge in [-0.1, -0.05) is 66.7 Å². The zero-order valence-electron chi connectivity index (χ0n) is 18.6. The van der Waals surface area contributed by atoms with E-state index in [2.05, 4.69) is 10.3 Å². The number of hydrogen-bond donors (Lipinski definition) is 1. The van der Waals surface area contributed by atoms with Crippen molar-refractivity contribution >= 4 is 11.8 Å². The summed E-state index contributed by atoms with van der Waals surface area (Å²) >= 11 is 0. The van der Waals surface area contributed by atoms with Gasteiger partial charge in [-0.15, -0.1) is 0 Å². The summed E-state index contributed by atoms with van der Waals surface area (Å²) < 4.78 is 0. The van der Waals surface area contributed by atoms with Crippen molar-refractivity contribution in [3.8, 4) is 0 Å². The number of nitrogens with zero attached hydrogens (tertiary/aromatic N) is 2. The van der Waals surface area contributed by atoms with E-state index in [9.17, 15) is 9.59 Å². The Morgan fingerprint density at radius 2 is 1.62 bits per heavy atom. The molecule has 4 rings (SSSR count). The van der Waals surface area contributed by atoms with Crippen LogP contribution >= 0.6 is 0 Å². The van der Waals surface area contributed by atoms with Gasteiger partial charge >= 0.3 is 0 Å². The van der Waals surface area contributed by atoms with Gasteiger partial charge in [0, 0.05) is 26.2 Å². The second-order valence-corrected chi connectivity index (χ2v) is 8.51. The number of amides is 2. The summed E-state index contributed by atoms with van der Waals surface area (Å²) in [6, 6.07) is 23.9. The van der Waals surface area contributed by atoms with Crippen molar-refractivity contribution in [2.24, 2.45) is 0 Å². The molecule has 1 atom stereocenters. The Hall–Kier alpha value is -3.47. The summed E-state index contributed by atoms with van der Waals surface area (Å²) in [6.45, 7) is 4.70. The minimum atomic E-state index is -0.781. The van der Waals surface area contributed by atoms with Gasteiger partial charge < -0.3 is 10.2 Å². The predicted molar refractivity (Wildman–Crippen MR) is 125 cm³/mol. The Balaban J connectivity index is 1.65. The summed E-state index contributed by atoms with van der Waals surface area (Å²) in [6.07, 6.45) is 3.63. The monoisotopic (exact) mass is 427 g/mol. The van der Waals surface area contributed by atoms with Crippen LogP contribution in [0.3, 0.4) is 0 Å². The van der Waals surface area contributed by atoms with Crippen molar-refractivity contribution in [2.75, 3.05) is 6.54 Å². The first-order valence-electron chi connectivity index (χ1n) is 11.1. The standard InChI is InChI=1S/C27H29N3O2/c1-20(31)28-18-21-15-16-24(29-19-21)25-14-9-17-30(25)26(32)27(2,22-10-5-3-6-11-22)23-12-7-4-8-13-23/h3-8,10-13,15-16,19,25H,9,14,17-18H2,1-2H3,(H,28,31). The average molecular weight is 428 g/mol. The molecule has 1 unspecified atom stereocenters. The summed E-state index contributed by atoms with van der Waals surface area (Å²) in [5.41, 5.74) is 3.03. The minimum absolute atomic E-state index is 0.0518. The molecule has 164 valence electrons. The van der Waals surface area contributed by atoms with Crippen LogP contribution in [-0.4, -0.2) is 28.2 Å². The van der Waals surface area contributed by atoms with E-state index in [0.717, 1.165) is 35.2 Å². The lowest BCUT2D eigenvalue weighted by Crippen LogP contribution is -2.45. The molecule has 1 fully saturated rings. The molecule has 1 aromatic heterocycles. The fraction of sp³-hybridized carbons (Fsp3) is 0.296. The van der Waals surface area contributed by atoms with Crippen LogP contribution in [0.2, 0.25) is 0 Å². The van der Waals surface area contributed by atoms with Crippen molar-refractivity contribution in [3.63, 3.8) is 0 Å². The van der Waals surface area contributed by atoms with E-state index in [1.807, 2.05) is 84.6 Å². The van der Waals surface area contributed by atoms with Crippen molar-refractivity contribution in [3.05, 3.63) is 101 Å². The zero-order valence-corrected chi connectivity index (χ0v) is 18.6. The molecule has 2 aromatic carbocycles. The van der Waals surface area contributed by atoms with E-state index in [-0.39, 0.29) is 17.9 Å². The lowest BCUT2D eigenvalue weighted by Gasteiger charge is -2.36. The first kappa shape index (κ1) is 21.8. The van der Waals surface area contributed by atoms with Crippen molar-refractivity contribution in [2.45, 2.75) is 44.7 Å². The zero-order chi connectivity index (χ0) is 22.6. The highest BCUT2D eigenvalue weighted by Crippen LogP contribution is 2.39. The first-order chi connectivity index (χ1) is 15.5. The van der Waals surface area contributed by atoms with Gasteiger partial charge in [-0.3, -0.25) is 14.6 Å². The summed E-state index contributed by atoms with van der Waals surface area (Å²) in [5, 5.41) is 2.79. The highest BCUT2D eigenvalue weighted by molar-refractivity contribution is 5.92. The fourth-order valence-corrected chi connectivity index (χ4v) is 4.53. The Bertz CT molecular complexity index is 1030. The maximum absolute atomic E-state index is 14.1. The molecule has 5 nitrogen and oxygen atoms in total. The Kier molecular flexibility index (Phi) is 6.35. The number of pyridine rings is 1. The maximum atomic E-state index is 14.1. The number of hydrogen-bond acceptors (Lipinski definition) is 3. The number of aromatic nitrogens is 1. The summed E-state index contributed by atoms with van der Waals surface area (Å²) in [4.78, 5) is 32.0. The molecule has 3 aromatic rings. The molecule has 0 spiro atoms. The topological polar surface area (TPSA) is 62.3 Å². The van der Waals surface area contributed by atoms with Gasteiger partial charge in [0.2, 0.25) is 11.8 Å². The van der Waals surface area contributed by atoms with Crippen LogP contribution in [-0.2, 0) is 21.5 Å². The minimum Gasteiger partial charge on any atom is -0.352 e. The van der Waals surface area contributed by atoms with Crippen LogP contribution in [0.1, 0.15) is 55.1 Å². The SMILES string of the molecule is CC(=O)NCc1ccc(C2CCCN2C(=O)C(C)(c2ccccc2)c2ccccc2)nc1. The van der Waals surface area contributed by atoms with Crippen LogP contribution in [0, 0.1) is 0 Å². The van der Waals surface area contributed by atoms with Gasteiger partial charge in [-0.05, 0) is 42.5 Å². The Labute approximate surface area is 189 Å². The molecule has 1 saturated heterocycles.